The number of piperidine rings is 1. The van der Waals surface area contributed by atoms with Crippen molar-refractivity contribution in [2.45, 2.75) is 25.4 Å². The summed E-state index contributed by atoms with van der Waals surface area (Å²) in [5, 5.41) is 9.70. The minimum atomic E-state index is -1.42. The van der Waals surface area contributed by atoms with Gasteiger partial charge in [-0.05, 0) is 42.8 Å². The zero-order chi connectivity index (χ0) is 18.0. The smallest absolute Gasteiger partial charge is 0.348 e. The van der Waals surface area contributed by atoms with E-state index in [1.54, 1.807) is 30.2 Å². The number of aromatic amines is 1. The van der Waals surface area contributed by atoms with Gasteiger partial charge >= 0.3 is 5.97 Å². The SMILES string of the molecule is Cc1cc(F)ccc1OC1(C(=O)O)CCN(C(=O)c2ccc[nH]2)CC1. The van der Waals surface area contributed by atoms with Crippen molar-refractivity contribution in [2.75, 3.05) is 13.1 Å². The molecule has 1 fully saturated rings. The largest absolute Gasteiger partial charge is 0.478 e. The molecule has 2 heterocycles. The van der Waals surface area contributed by atoms with Crippen LogP contribution in [-0.2, 0) is 4.79 Å². The predicted octanol–water partition coefficient (Wildman–Crippen LogP) is 2.60. The zero-order valence-electron chi connectivity index (χ0n) is 13.8. The number of benzene rings is 1. The van der Waals surface area contributed by atoms with Gasteiger partial charge in [-0.25, -0.2) is 9.18 Å². The van der Waals surface area contributed by atoms with Crippen molar-refractivity contribution in [2.24, 2.45) is 0 Å². The number of ether oxygens (including phenoxy) is 1. The maximum absolute atomic E-state index is 13.2. The third-order valence-electron chi connectivity index (χ3n) is 4.52. The van der Waals surface area contributed by atoms with Gasteiger partial charge in [-0.3, -0.25) is 4.79 Å². The van der Waals surface area contributed by atoms with Crippen LogP contribution in [0.3, 0.4) is 0 Å². The molecular weight excluding hydrogens is 327 g/mol. The van der Waals surface area contributed by atoms with E-state index in [9.17, 15) is 19.1 Å². The summed E-state index contributed by atoms with van der Waals surface area (Å²) in [6, 6.07) is 7.39. The average Bonchev–Trinajstić information content (AvgIpc) is 3.12. The molecule has 1 amide bonds. The molecule has 25 heavy (non-hydrogen) atoms. The van der Waals surface area contributed by atoms with Gasteiger partial charge < -0.3 is 19.7 Å². The second-order valence-corrected chi connectivity index (χ2v) is 6.19. The number of aliphatic carboxylic acids is 1. The number of rotatable bonds is 4. The monoisotopic (exact) mass is 346 g/mol. The third-order valence-corrected chi connectivity index (χ3v) is 4.52. The molecule has 0 saturated carbocycles. The van der Waals surface area contributed by atoms with E-state index >= 15 is 0 Å². The summed E-state index contributed by atoms with van der Waals surface area (Å²) in [6.07, 6.45) is 1.98. The molecule has 0 unspecified atom stereocenters. The van der Waals surface area contributed by atoms with E-state index < -0.39 is 17.4 Å². The Hall–Kier alpha value is -2.83. The van der Waals surface area contributed by atoms with Gasteiger partial charge in [-0.1, -0.05) is 0 Å². The molecule has 1 aromatic heterocycles. The summed E-state index contributed by atoms with van der Waals surface area (Å²) in [5.74, 6) is -1.31. The number of carboxylic acids is 1. The molecular formula is C18H19FN2O4. The number of hydrogen-bond donors (Lipinski definition) is 2. The van der Waals surface area contributed by atoms with Crippen LogP contribution < -0.4 is 4.74 Å². The second-order valence-electron chi connectivity index (χ2n) is 6.19. The molecule has 1 aliphatic rings. The molecule has 1 saturated heterocycles. The highest BCUT2D eigenvalue weighted by Crippen LogP contribution is 2.31. The van der Waals surface area contributed by atoms with E-state index in [-0.39, 0.29) is 31.8 Å². The molecule has 2 aromatic rings. The topological polar surface area (TPSA) is 82.6 Å². The molecule has 0 aliphatic carbocycles. The predicted molar refractivity (Wildman–Crippen MR) is 88.1 cm³/mol. The highest BCUT2D eigenvalue weighted by atomic mass is 19.1. The van der Waals surface area contributed by atoms with E-state index in [1.807, 2.05) is 0 Å². The number of nitrogens with one attached hydrogen (secondary N) is 1. The summed E-state index contributed by atoms with van der Waals surface area (Å²) in [5.41, 5.74) is -0.418. The van der Waals surface area contributed by atoms with E-state index in [0.29, 0.717) is 17.0 Å². The van der Waals surface area contributed by atoms with Crippen molar-refractivity contribution in [1.82, 2.24) is 9.88 Å². The van der Waals surface area contributed by atoms with Gasteiger partial charge in [0.15, 0.2) is 0 Å². The van der Waals surface area contributed by atoms with E-state index in [2.05, 4.69) is 4.98 Å². The number of halogens is 1. The molecule has 0 atom stereocenters. The minimum Gasteiger partial charge on any atom is -0.478 e. The number of carbonyl (C=O) groups is 2. The lowest BCUT2D eigenvalue weighted by Gasteiger charge is -2.39. The lowest BCUT2D eigenvalue weighted by atomic mass is 9.90. The number of aromatic nitrogens is 1. The quantitative estimate of drug-likeness (QED) is 0.891. The van der Waals surface area contributed by atoms with Gasteiger partial charge in [0.2, 0.25) is 5.60 Å². The van der Waals surface area contributed by atoms with Crippen LogP contribution in [0.15, 0.2) is 36.5 Å². The molecule has 132 valence electrons. The first-order chi connectivity index (χ1) is 11.9. The number of likely N-dealkylation sites (tertiary alicyclic amines) is 1. The average molecular weight is 346 g/mol. The molecule has 6 nitrogen and oxygen atoms in total. The van der Waals surface area contributed by atoms with Crippen LogP contribution in [0.25, 0.3) is 0 Å². The van der Waals surface area contributed by atoms with E-state index in [0.717, 1.165) is 0 Å². The first-order valence-electron chi connectivity index (χ1n) is 8.02. The molecule has 1 aliphatic heterocycles. The number of nitrogens with zero attached hydrogens (tertiary/aromatic N) is 1. The van der Waals surface area contributed by atoms with Crippen LogP contribution in [0.5, 0.6) is 5.75 Å². The molecule has 0 bridgehead atoms. The highest BCUT2D eigenvalue weighted by Gasteiger charge is 2.45. The summed E-state index contributed by atoms with van der Waals surface area (Å²) >= 11 is 0. The second kappa shape index (κ2) is 6.58. The maximum atomic E-state index is 13.2. The van der Waals surface area contributed by atoms with Crippen molar-refractivity contribution < 1.29 is 23.8 Å². The highest BCUT2D eigenvalue weighted by molar-refractivity contribution is 5.92. The van der Waals surface area contributed by atoms with Crippen LogP contribution in [0, 0.1) is 12.7 Å². The molecule has 2 N–H and O–H groups in total. The maximum Gasteiger partial charge on any atom is 0.348 e. The Kier molecular flexibility index (Phi) is 4.48. The molecule has 0 radical (unpaired) electrons. The Morgan fingerprint density at radius 1 is 1.28 bits per heavy atom. The zero-order valence-corrected chi connectivity index (χ0v) is 13.8. The Bertz CT molecular complexity index is 780. The standard InChI is InChI=1S/C18H19FN2O4/c1-12-11-13(19)4-5-15(12)25-18(17(23)24)6-9-21(10-7-18)16(22)14-3-2-8-20-14/h2-5,8,11,20H,6-7,9-10H2,1H3,(H,23,24). The van der Waals surface area contributed by atoms with Crippen molar-refractivity contribution in [1.29, 1.82) is 0 Å². The van der Waals surface area contributed by atoms with Crippen LogP contribution in [0.1, 0.15) is 28.9 Å². The fraction of sp³-hybridized carbons (Fsp3) is 0.333. The van der Waals surface area contributed by atoms with E-state index in [4.69, 9.17) is 4.74 Å². The number of carboxylic acid groups (broad SMARTS) is 1. The number of H-pyrrole nitrogens is 1. The molecule has 1 aromatic carbocycles. The Labute approximate surface area is 144 Å². The van der Waals surface area contributed by atoms with Crippen molar-refractivity contribution in [3.63, 3.8) is 0 Å². The Morgan fingerprint density at radius 2 is 2.00 bits per heavy atom. The first-order valence-corrected chi connectivity index (χ1v) is 8.02. The van der Waals surface area contributed by atoms with Crippen LogP contribution in [0.4, 0.5) is 4.39 Å². The molecule has 7 heteroatoms. The lowest BCUT2D eigenvalue weighted by molar-refractivity contribution is -0.159. The first kappa shape index (κ1) is 17.0. The summed E-state index contributed by atoms with van der Waals surface area (Å²) in [7, 11) is 0. The number of aryl methyl sites for hydroxylation is 1. The Morgan fingerprint density at radius 3 is 2.56 bits per heavy atom. The van der Waals surface area contributed by atoms with Crippen molar-refractivity contribution >= 4 is 11.9 Å². The molecule has 0 spiro atoms. The van der Waals surface area contributed by atoms with Gasteiger partial charge in [-0.15, -0.1) is 0 Å². The number of amides is 1. The fourth-order valence-electron chi connectivity index (χ4n) is 3.00. The van der Waals surface area contributed by atoms with Crippen LogP contribution >= 0.6 is 0 Å². The van der Waals surface area contributed by atoms with Gasteiger partial charge in [0.1, 0.15) is 17.3 Å². The summed E-state index contributed by atoms with van der Waals surface area (Å²) in [4.78, 5) is 28.7. The van der Waals surface area contributed by atoms with Crippen LogP contribution in [0.2, 0.25) is 0 Å². The number of hydrogen-bond acceptors (Lipinski definition) is 3. The minimum absolute atomic E-state index is 0.158. The molecule has 3 rings (SSSR count). The van der Waals surface area contributed by atoms with Gasteiger partial charge in [0.25, 0.3) is 5.91 Å². The number of carbonyl (C=O) groups excluding carboxylic acids is 1. The normalized spacial score (nSPS) is 16.5. The van der Waals surface area contributed by atoms with Crippen LogP contribution in [-0.4, -0.2) is 45.6 Å². The Balaban J connectivity index is 1.75. The lowest BCUT2D eigenvalue weighted by Crippen LogP contribution is -2.54. The van der Waals surface area contributed by atoms with Gasteiger partial charge in [-0.2, -0.15) is 0 Å². The van der Waals surface area contributed by atoms with Gasteiger partial charge in [0.05, 0.1) is 0 Å². The summed E-state index contributed by atoms with van der Waals surface area (Å²) in [6.45, 7) is 2.20. The van der Waals surface area contributed by atoms with E-state index in [1.165, 1.54) is 18.2 Å². The third kappa shape index (κ3) is 3.35. The van der Waals surface area contributed by atoms with Crippen molar-refractivity contribution in [3.8, 4) is 5.75 Å². The van der Waals surface area contributed by atoms with Gasteiger partial charge in [0, 0.05) is 32.1 Å². The summed E-state index contributed by atoms with van der Waals surface area (Å²) < 4.78 is 19.0. The fourth-order valence-corrected chi connectivity index (χ4v) is 3.00. The van der Waals surface area contributed by atoms with Crippen molar-refractivity contribution in [3.05, 3.63) is 53.6 Å².